The monoisotopic (exact) mass is 489 g/mol. The lowest BCUT2D eigenvalue weighted by molar-refractivity contribution is -0.121. The number of hydrogen-bond acceptors (Lipinski definition) is 5. The van der Waals surface area contributed by atoms with E-state index >= 15 is 0 Å². The van der Waals surface area contributed by atoms with E-state index in [1.54, 1.807) is 18.2 Å². The van der Waals surface area contributed by atoms with Crippen LogP contribution in [-0.4, -0.2) is 42.9 Å². The molecule has 0 radical (unpaired) electrons. The Hall–Kier alpha value is -3.22. The van der Waals surface area contributed by atoms with Crippen molar-refractivity contribution in [3.8, 4) is 0 Å². The number of halogens is 1. The number of thioether (sulfide) groups is 1. The number of piperazine rings is 1. The van der Waals surface area contributed by atoms with Gasteiger partial charge in [-0.3, -0.25) is 9.59 Å². The van der Waals surface area contributed by atoms with Gasteiger partial charge in [0.25, 0.3) is 11.8 Å². The summed E-state index contributed by atoms with van der Waals surface area (Å²) in [5.41, 5.74) is 3.01. The predicted octanol–water partition coefficient (Wildman–Crippen LogP) is 5.35. The second kappa shape index (κ2) is 9.57. The molecule has 2 amide bonds. The summed E-state index contributed by atoms with van der Waals surface area (Å²) in [7, 11) is 0. The molecule has 5 rings (SSSR count). The van der Waals surface area contributed by atoms with Crippen molar-refractivity contribution >= 4 is 46.6 Å². The van der Waals surface area contributed by atoms with Gasteiger partial charge in [-0.2, -0.15) is 0 Å². The number of hydrogen-bond donors (Lipinski definition) is 0. The lowest BCUT2D eigenvalue weighted by Crippen LogP contribution is -2.47. The molecule has 0 unspecified atom stereocenters. The number of imide groups is 1. The van der Waals surface area contributed by atoms with E-state index in [0.29, 0.717) is 34.4 Å². The molecule has 5 nitrogen and oxygen atoms in total. The van der Waals surface area contributed by atoms with Crippen LogP contribution in [0.25, 0.3) is 0 Å². The van der Waals surface area contributed by atoms with Crippen molar-refractivity contribution < 1.29 is 9.59 Å². The summed E-state index contributed by atoms with van der Waals surface area (Å²) in [6, 6.07) is 25.2. The van der Waals surface area contributed by atoms with Crippen LogP contribution >= 0.6 is 23.4 Å². The van der Waals surface area contributed by atoms with Crippen LogP contribution in [0.3, 0.4) is 0 Å². The molecule has 0 bridgehead atoms. The molecule has 1 fully saturated rings. The number of anilines is 2. The molecule has 0 aliphatic carbocycles. The van der Waals surface area contributed by atoms with E-state index < -0.39 is 0 Å². The van der Waals surface area contributed by atoms with E-state index in [4.69, 9.17) is 11.6 Å². The van der Waals surface area contributed by atoms with Crippen molar-refractivity contribution in [2.75, 3.05) is 36.0 Å². The van der Waals surface area contributed by atoms with Crippen LogP contribution in [0.15, 0.2) is 94.4 Å². The summed E-state index contributed by atoms with van der Waals surface area (Å²) < 4.78 is 0. The number of carbonyl (C=O) groups is 2. The SMILES string of the molecule is Cc1cc(Cl)ccc1N1C(=O)C(Sc2ccccc2)=C(N2CCN(c3ccccc3)CC2)C1=O. The number of nitrogens with zero attached hydrogens (tertiary/aromatic N) is 3. The average molecular weight is 490 g/mol. The summed E-state index contributed by atoms with van der Waals surface area (Å²) in [5.74, 6) is -0.563. The molecular weight excluding hydrogens is 466 g/mol. The minimum atomic E-state index is -0.287. The van der Waals surface area contributed by atoms with Gasteiger partial charge in [0.1, 0.15) is 10.6 Å². The summed E-state index contributed by atoms with van der Waals surface area (Å²) in [4.78, 5) is 34.5. The Bertz CT molecular complexity index is 1260. The molecule has 0 saturated carbocycles. The first kappa shape index (κ1) is 22.6. The third-order valence-electron chi connectivity index (χ3n) is 6.10. The van der Waals surface area contributed by atoms with E-state index in [1.165, 1.54) is 22.3 Å². The number of benzene rings is 3. The normalized spacial score (nSPS) is 16.6. The molecule has 7 heteroatoms. The molecule has 3 aromatic rings. The quantitative estimate of drug-likeness (QED) is 0.452. The maximum absolute atomic E-state index is 13.8. The fraction of sp³-hybridized carbons (Fsp3) is 0.185. The molecule has 0 aromatic heterocycles. The molecule has 2 heterocycles. The average Bonchev–Trinajstić information content (AvgIpc) is 3.10. The number of rotatable bonds is 5. The van der Waals surface area contributed by atoms with Gasteiger partial charge in [0.05, 0.1) is 5.69 Å². The molecular formula is C27H24ClN3O2S. The van der Waals surface area contributed by atoms with Gasteiger partial charge in [-0.15, -0.1) is 0 Å². The Labute approximate surface area is 208 Å². The van der Waals surface area contributed by atoms with Crippen molar-refractivity contribution in [1.29, 1.82) is 0 Å². The van der Waals surface area contributed by atoms with Gasteiger partial charge >= 0.3 is 0 Å². The zero-order valence-corrected chi connectivity index (χ0v) is 20.4. The largest absolute Gasteiger partial charge is 0.368 e. The minimum Gasteiger partial charge on any atom is -0.368 e. The number of para-hydroxylation sites is 1. The number of aryl methyl sites for hydroxylation is 1. The highest BCUT2D eigenvalue weighted by Gasteiger charge is 2.43. The van der Waals surface area contributed by atoms with E-state index in [-0.39, 0.29) is 11.8 Å². The van der Waals surface area contributed by atoms with Crippen LogP contribution < -0.4 is 9.80 Å². The highest BCUT2D eigenvalue weighted by molar-refractivity contribution is 8.04. The van der Waals surface area contributed by atoms with Gasteiger partial charge in [-0.1, -0.05) is 59.8 Å². The van der Waals surface area contributed by atoms with Crippen molar-refractivity contribution in [3.05, 3.63) is 100 Å². The van der Waals surface area contributed by atoms with Gasteiger partial charge in [0, 0.05) is 41.8 Å². The van der Waals surface area contributed by atoms with Crippen LogP contribution in [0.4, 0.5) is 11.4 Å². The molecule has 0 N–H and O–H groups in total. The lowest BCUT2D eigenvalue weighted by Gasteiger charge is -2.37. The summed E-state index contributed by atoms with van der Waals surface area (Å²) in [5, 5.41) is 0.574. The highest BCUT2D eigenvalue weighted by Crippen LogP contribution is 2.40. The third-order valence-corrected chi connectivity index (χ3v) is 7.41. The van der Waals surface area contributed by atoms with Crippen molar-refractivity contribution in [3.63, 3.8) is 0 Å². The van der Waals surface area contributed by atoms with E-state index in [1.807, 2.05) is 55.5 Å². The highest BCUT2D eigenvalue weighted by atomic mass is 35.5. The van der Waals surface area contributed by atoms with E-state index in [0.717, 1.165) is 23.5 Å². The van der Waals surface area contributed by atoms with Crippen LogP contribution in [0.2, 0.25) is 5.02 Å². The Morgan fingerprint density at radius 2 is 1.38 bits per heavy atom. The zero-order valence-electron chi connectivity index (χ0n) is 18.8. The summed E-state index contributed by atoms with van der Waals surface area (Å²) in [6.07, 6.45) is 0. The van der Waals surface area contributed by atoms with Gasteiger partial charge in [-0.05, 0) is 55.0 Å². The summed E-state index contributed by atoms with van der Waals surface area (Å²) >= 11 is 7.49. The maximum atomic E-state index is 13.8. The van der Waals surface area contributed by atoms with Gasteiger partial charge in [-0.25, -0.2) is 4.90 Å². The molecule has 3 aromatic carbocycles. The molecule has 0 spiro atoms. The predicted molar refractivity (Wildman–Crippen MR) is 138 cm³/mol. The van der Waals surface area contributed by atoms with Gasteiger partial charge in [0.15, 0.2) is 0 Å². The van der Waals surface area contributed by atoms with Crippen molar-refractivity contribution in [2.24, 2.45) is 0 Å². The van der Waals surface area contributed by atoms with E-state index in [9.17, 15) is 9.59 Å². The topological polar surface area (TPSA) is 43.9 Å². The van der Waals surface area contributed by atoms with Crippen LogP contribution in [-0.2, 0) is 9.59 Å². The zero-order chi connectivity index (χ0) is 23.7. The maximum Gasteiger partial charge on any atom is 0.283 e. The molecule has 172 valence electrons. The first-order valence-corrected chi connectivity index (χ1v) is 12.4. The second-order valence-corrected chi connectivity index (χ2v) is 9.80. The number of amides is 2. The fourth-order valence-corrected chi connectivity index (χ4v) is 5.64. The van der Waals surface area contributed by atoms with Crippen LogP contribution in [0, 0.1) is 6.92 Å². The smallest absolute Gasteiger partial charge is 0.283 e. The second-order valence-electron chi connectivity index (χ2n) is 8.28. The van der Waals surface area contributed by atoms with Crippen molar-refractivity contribution in [1.82, 2.24) is 4.90 Å². The van der Waals surface area contributed by atoms with E-state index in [2.05, 4.69) is 21.9 Å². The molecule has 0 atom stereocenters. The number of carbonyl (C=O) groups excluding carboxylic acids is 2. The Morgan fingerprint density at radius 1 is 0.765 bits per heavy atom. The lowest BCUT2D eigenvalue weighted by atomic mass is 10.2. The van der Waals surface area contributed by atoms with Crippen molar-refractivity contribution in [2.45, 2.75) is 11.8 Å². The Morgan fingerprint density at radius 3 is 2.03 bits per heavy atom. The minimum absolute atomic E-state index is 0.276. The van der Waals surface area contributed by atoms with Crippen LogP contribution in [0.1, 0.15) is 5.56 Å². The summed E-state index contributed by atoms with van der Waals surface area (Å²) in [6.45, 7) is 4.74. The molecule has 2 aliphatic rings. The standard InChI is InChI=1S/C27H24ClN3O2S/c1-19-18-20(28)12-13-23(19)31-26(32)24(25(27(31)33)34-22-10-6-3-7-11-22)30-16-14-29(15-17-30)21-8-4-2-5-9-21/h2-13,18H,14-17H2,1H3. The van der Waals surface area contributed by atoms with Crippen LogP contribution in [0.5, 0.6) is 0 Å². The first-order valence-electron chi connectivity index (χ1n) is 11.2. The molecule has 34 heavy (non-hydrogen) atoms. The Kier molecular flexibility index (Phi) is 6.35. The molecule has 1 saturated heterocycles. The third kappa shape index (κ3) is 4.31. The fourth-order valence-electron chi connectivity index (χ4n) is 4.39. The van der Waals surface area contributed by atoms with Gasteiger partial charge < -0.3 is 9.80 Å². The Balaban J connectivity index is 1.47. The molecule has 2 aliphatic heterocycles. The first-order chi connectivity index (χ1) is 16.5. The van der Waals surface area contributed by atoms with Gasteiger partial charge in [0.2, 0.25) is 0 Å².